The molecule has 0 amide bonds. The molecule has 0 aliphatic rings. The Kier molecular flexibility index (Phi) is 4.30. The van der Waals surface area contributed by atoms with Gasteiger partial charge in [0.15, 0.2) is 0 Å². The number of para-hydroxylation sites is 3. The van der Waals surface area contributed by atoms with E-state index in [9.17, 15) is 0 Å². The van der Waals surface area contributed by atoms with Crippen LogP contribution < -0.4 is 0 Å². The van der Waals surface area contributed by atoms with Gasteiger partial charge in [-0.15, -0.1) is 0 Å². The Morgan fingerprint density at radius 2 is 1.10 bits per heavy atom. The third-order valence-corrected chi connectivity index (χ3v) is 8.17. The van der Waals surface area contributed by atoms with Gasteiger partial charge < -0.3 is 9.13 Å². The third kappa shape index (κ3) is 2.85. The van der Waals surface area contributed by atoms with Crippen LogP contribution >= 0.6 is 0 Å². The number of benzene rings is 5. The molecule has 4 aromatic heterocycles. The summed E-state index contributed by atoms with van der Waals surface area (Å²) in [5.74, 6) is 0. The minimum absolute atomic E-state index is 0.993. The molecular weight excluding hydrogens is 488 g/mol. The molecule has 0 unspecified atom stereocenters. The second-order valence-electron chi connectivity index (χ2n) is 10.3. The van der Waals surface area contributed by atoms with Gasteiger partial charge in [-0.1, -0.05) is 66.7 Å². The molecule has 0 bridgehead atoms. The van der Waals surface area contributed by atoms with Crippen molar-refractivity contribution in [1.82, 2.24) is 19.1 Å². The van der Waals surface area contributed by atoms with E-state index in [-0.39, 0.29) is 0 Å². The summed E-state index contributed by atoms with van der Waals surface area (Å²) in [5.41, 5.74) is 8.91. The van der Waals surface area contributed by atoms with Crippen LogP contribution in [0.4, 0.5) is 0 Å². The van der Waals surface area contributed by atoms with Crippen molar-refractivity contribution in [3.05, 3.63) is 134 Å². The molecule has 0 saturated carbocycles. The summed E-state index contributed by atoms with van der Waals surface area (Å²) in [6.07, 6.45) is 3.74. The van der Waals surface area contributed by atoms with Crippen LogP contribution in [-0.4, -0.2) is 19.1 Å². The van der Waals surface area contributed by atoms with Gasteiger partial charge in [-0.25, -0.2) is 0 Å². The van der Waals surface area contributed by atoms with Gasteiger partial charge in [0.2, 0.25) is 0 Å². The van der Waals surface area contributed by atoms with Gasteiger partial charge in [-0.2, -0.15) is 0 Å². The van der Waals surface area contributed by atoms with Crippen molar-refractivity contribution >= 4 is 65.4 Å². The van der Waals surface area contributed by atoms with E-state index in [2.05, 4.69) is 123 Å². The molecule has 0 saturated heterocycles. The summed E-state index contributed by atoms with van der Waals surface area (Å²) in [6.45, 7) is 0. The third-order valence-electron chi connectivity index (χ3n) is 8.17. The molecule has 0 aliphatic carbocycles. The van der Waals surface area contributed by atoms with E-state index in [4.69, 9.17) is 4.98 Å². The average molecular weight is 511 g/mol. The van der Waals surface area contributed by atoms with Crippen molar-refractivity contribution in [2.45, 2.75) is 0 Å². The zero-order valence-corrected chi connectivity index (χ0v) is 21.5. The van der Waals surface area contributed by atoms with Crippen molar-refractivity contribution in [2.75, 3.05) is 0 Å². The molecule has 0 spiro atoms. The molecule has 0 radical (unpaired) electrons. The summed E-state index contributed by atoms with van der Waals surface area (Å²) < 4.78 is 4.76. The first-order chi connectivity index (χ1) is 19.9. The highest BCUT2D eigenvalue weighted by molar-refractivity contribution is 6.29. The van der Waals surface area contributed by atoms with Crippen molar-refractivity contribution in [3.63, 3.8) is 0 Å². The SMILES string of the molecule is c1cnc2cc(-n3c4ccccc4c4c5c6ccccc6n(-c6cccc7cccnc67)c5ccc43)ccc2c1. The number of pyridine rings is 2. The van der Waals surface area contributed by atoms with Crippen molar-refractivity contribution < 1.29 is 0 Å². The smallest absolute Gasteiger partial charge is 0.0942 e. The van der Waals surface area contributed by atoms with Gasteiger partial charge in [0.05, 0.1) is 38.8 Å². The number of aromatic nitrogens is 4. The minimum atomic E-state index is 0.993. The Balaban J connectivity index is 1.46. The fraction of sp³-hybridized carbons (Fsp3) is 0. The summed E-state index contributed by atoms with van der Waals surface area (Å²) >= 11 is 0. The molecule has 40 heavy (non-hydrogen) atoms. The van der Waals surface area contributed by atoms with Gasteiger partial charge in [0.1, 0.15) is 0 Å². The normalized spacial score (nSPS) is 12.0. The van der Waals surface area contributed by atoms with Crippen molar-refractivity contribution in [1.29, 1.82) is 0 Å². The van der Waals surface area contributed by atoms with Crippen molar-refractivity contribution in [3.8, 4) is 11.4 Å². The first-order valence-electron chi connectivity index (χ1n) is 13.5. The lowest BCUT2D eigenvalue weighted by molar-refractivity contribution is 1.17. The first-order valence-corrected chi connectivity index (χ1v) is 13.5. The molecular formula is C36H22N4. The predicted octanol–water partition coefficient (Wildman–Crippen LogP) is 8.98. The molecule has 4 nitrogen and oxygen atoms in total. The number of fused-ring (bicyclic) bond motifs is 9. The van der Waals surface area contributed by atoms with Crippen LogP contribution in [0.3, 0.4) is 0 Å². The van der Waals surface area contributed by atoms with E-state index in [1.54, 1.807) is 0 Å². The Bertz CT molecular complexity index is 2440. The van der Waals surface area contributed by atoms with E-state index in [0.29, 0.717) is 0 Å². The maximum absolute atomic E-state index is 4.80. The average Bonchev–Trinajstić information content (AvgIpc) is 3.53. The van der Waals surface area contributed by atoms with Crippen LogP contribution in [0.1, 0.15) is 0 Å². The highest BCUT2D eigenvalue weighted by Gasteiger charge is 2.21. The zero-order chi connectivity index (χ0) is 26.2. The largest absolute Gasteiger partial charge is 0.309 e. The highest BCUT2D eigenvalue weighted by atomic mass is 15.0. The van der Waals surface area contributed by atoms with Crippen LogP contribution in [0, 0.1) is 0 Å². The molecule has 4 heteroatoms. The summed E-state index contributed by atoms with van der Waals surface area (Å²) in [5, 5.41) is 7.27. The first kappa shape index (κ1) is 21.5. The topological polar surface area (TPSA) is 35.6 Å². The lowest BCUT2D eigenvalue weighted by atomic mass is 10.1. The van der Waals surface area contributed by atoms with Crippen LogP contribution in [0.2, 0.25) is 0 Å². The van der Waals surface area contributed by atoms with Crippen LogP contribution in [0.5, 0.6) is 0 Å². The number of rotatable bonds is 2. The number of hydrogen-bond donors (Lipinski definition) is 0. The van der Waals surface area contributed by atoms with Gasteiger partial charge in [0.25, 0.3) is 0 Å². The number of nitrogens with zero attached hydrogens (tertiary/aromatic N) is 4. The van der Waals surface area contributed by atoms with E-state index in [1.807, 2.05) is 24.5 Å². The molecule has 0 atom stereocenters. The second-order valence-corrected chi connectivity index (χ2v) is 10.3. The molecule has 5 aromatic carbocycles. The van der Waals surface area contributed by atoms with Crippen molar-refractivity contribution in [2.24, 2.45) is 0 Å². The quantitative estimate of drug-likeness (QED) is 0.233. The van der Waals surface area contributed by atoms with Crippen LogP contribution in [0.25, 0.3) is 76.8 Å². The lowest BCUT2D eigenvalue weighted by Crippen LogP contribution is -1.97. The van der Waals surface area contributed by atoms with Gasteiger partial charge in [-0.3, -0.25) is 9.97 Å². The fourth-order valence-corrected chi connectivity index (χ4v) is 6.52. The number of hydrogen-bond acceptors (Lipinski definition) is 2. The molecule has 9 rings (SSSR count). The molecule has 0 aliphatic heterocycles. The maximum atomic E-state index is 4.80. The molecule has 9 aromatic rings. The van der Waals surface area contributed by atoms with Gasteiger partial charge in [-0.05, 0) is 54.6 Å². The van der Waals surface area contributed by atoms with Crippen LogP contribution in [0.15, 0.2) is 134 Å². The minimum Gasteiger partial charge on any atom is -0.309 e. The Labute approximate surface area is 229 Å². The van der Waals surface area contributed by atoms with E-state index < -0.39 is 0 Å². The zero-order valence-electron chi connectivity index (χ0n) is 21.5. The van der Waals surface area contributed by atoms with Crippen LogP contribution in [-0.2, 0) is 0 Å². The summed E-state index contributed by atoms with van der Waals surface area (Å²) in [7, 11) is 0. The molecule has 0 fully saturated rings. The molecule has 0 N–H and O–H groups in total. The van der Waals surface area contributed by atoms with Gasteiger partial charge >= 0.3 is 0 Å². The van der Waals surface area contributed by atoms with Gasteiger partial charge in [0, 0.05) is 50.4 Å². The predicted molar refractivity (Wildman–Crippen MR) is 166 cm³/mol. The second kappa shape index (κ2) is 8.01. The monoisotopic (exact) mass is 510 g/mol. The Morgan fingerprint density at radius 3 is 1.90 bits per heavy atom. The maximum Gasteiger partial charge on any atom is 0.0942 e. The fourth-order valence-electron chi connectivity index (χ4n) is 6.52. The summed E-state index contributed by atoms with van der Waals surface area (Å²) in [4.78, 5) is 9.44. The summed E-state index contributed by atoms with van der Waals surface area (Å²) in [6, 6.07) is 43.2. The highest BCUT2D eigenvalue weighted by Crippen LogP contribution is 2.42. The Morgan fingerprint density at radius 1 is 0.450 bits per heavy atom. The van der Waals surface area contributed by atoms with E-state index in [0.717, 1.165) is 33.2 Å². The lowest BCUT2D eigenvalue weighted by Gasteiger charge is -2.11. The Hall–Kier alpha value is -5.48. The molecule has 186 valence electrons. The standard InChI is InChI=1S/C36H22N4/c1-3-13-29-26(11-1)34-31(39(29)25-17-16-23-9-6-20-37-28(23)22-25)18-19-32-35(34)27-12-2-4-14-30(27)40(32)33-15-5-8-24-10-7-21-38-36(24)33/h1-22H. The van der Waals surface area contributed by atoms with E-state index >= 15 is 0 Å². The van der Waals surface area contributed by atoms with E-state index in [1.165, 1.54) is 43.6 Å². The molecule has 4 heterocycles.